The maximum atomic E-state index is 15.0. The van der Waals surface area contributed by atoms with E-state index in [1.165, 1.54) is 37.4 Å². The highest BCUT2D eigenvalue weighted by Gasteiger charge is 2.55. The fourth-order valence-corrected chi connectivity index (χ4v) is 5.86. The van der Waals surface area contributed by atoms with Crippen LogP contribution in [0.15, 0.2) is 41.5 Å². The summed E-state index contributed by atoms with van der Waals surface area (Å²) in [5, 5.41) is 11.5. The number of aromatic nitrogens is 1. The summed E-state index contributed by atoms with van der Waals surface area (Å²) in [5.74, 6) is 1.21. The average Bonchev–Trinajstić information content (AvgIpc) is 2.85. The molecule has 0 aliphatic carbocycles. The lowest BCUT2D eigenvalue weighted by molar-refractivity contribution is 0.102. The van der Waals surface area contributed by atoms with Crippen molar-refractivity contribution in [2.24, 2.45) is 10.7 Å². The zero-order chi connectivity index (χ0) is 25.8. The van der Waals surface area contributed by atoms with Crippen LogP contribution in [0.3, 0.4) is 0 Å². The molecule has 1 aliphatic heterocycles. The van der Waals surface area contributed by atoms with Crippen LogP contribution < -0.4 is 15.8 Å². The van der Waals surface area contributed by atoms with Crippen LogP contribution in [0.5, 0.6) is 5.75 Å². The largest absolute Gasteiger partial charge is 0.479 e. The maximum Gasteiger partial charge on any atom is 0.274 e. The Morgan fingerprint density at radius 3 is 2.71 bits per heavy atom. The minimum atomic E-state index is -2.00. The van der Waals surface area contributed by atoms with Gasteiger partial charge in [-0.25, -0.2) is 13.8 Å². The van der Waals surface area contributed by atoms with Crippen LogP contribution in [-0.2, 0) is 16.3 Å². The van der Waals surface area contributed by atoms with Crippen LogP contribution in [0.4, 0.5) is 14.5 Å². The number of aliphatic hydroxyl groups excluding tert-OH is 1. The molecule has 1 aliphatic rings. The monoisotopic (exact) mass is 504 g/mol. The van der Waals surface area contributed by atoms with Gasteiger partial charge in [-0.05, 0) is 43.7 Å². The van der Waals surface area contributed by atoms with Crippen molar-refractivity contribution in [3.05, 3.63) is 53.6 Å². The molecule has 2 unspecified atom stereocenters. The molecule has 2 aromatic rings. The molecule has 3 rings (SSSR count). The molecular weight excluding hydrogens is 478 g/mol. The Morgan fingerprint density at radius 1 is 1.40 bits per heavy atom. The van der Waals surface area contributed by atoms with Crippen LogP contribution in [-0.4, -0.2) is 55.9 Å². The number of amidine groups is 1. The van der Waals surface area contributed by atoms with Crippen LogP contribution in [0.2, 0.25) is 0 Å². The molecule has 0 saturated carbocycles. The Hall–Kier alpha value is -3.36. The maximum absolute atomic E-state index is 15.0. The molecule has 8 nitrogen and oxygen atoms in total. The van der Waals surface area contributed by atoms with Crippen LogP contribution in [0.1, 0.15) is 36.3 Å². The van der Waals surface area contributed by atoms with Gasteiger partial charge in [0.1, 0.15) is 46.7 Å². The number of nitrogens with zero attached hydrogens (tertiary/aromatic N) is 2. The lowest BCUT2D eigenvalue weighted by atomic mass is 9.87. The molecular formula is C24H26F2N4O4S. The van der Waals surface area contributed by atoms with Gasteiger partial charge in [-0.1, -0.05) is 12.8 Å². The number of hydrogen-bond donors (Lipinski definition) is 3. The first-order valence-electron chi connectivity index (χ1n) is 10.7. The number of aliphatic hydroxyl groups is 1. The normalized spacial score (nSPS) is 25.9. The van der Waals surface area contributed by atoms with Crippen molar-refractivity contribution >= 4 is 28.2 Å². The van der Waals surface area contributed by atoms with Gasteiger partial charge in [0.05, 0.1) is 18.1 Å². The summed E-state index contributed by atoms with van der Waals surface area (Å²) in [4.78, 5) is 21.0. The van der Waals surface area contributed by atoms with E-state index in [4.69, 9.17) is 16.9 Å². The third-order valence-electron chi connectivity index (χ3n) is 6.10. The summed E-state index contributed by atoms with van der Waals surface area (Å²) in [6, 6.07) is 6.74. The topological polar surface area (TPSA) is 127 Å². The zero-order valence-electron chi connectivity index (χ0n) is 19.3. The number of pyridine rings is 1. The second kappa shape index (κ2) is 10.5. The highest BCUT2D eigenvalue weighted by Crippen LogP contribution is 2.43. The minimum Gasteiger partial charge on any atom is -0.479 e. The van der Waals surface area contributed by atoms with Crippen LogP contribution in [0.25, 0.3) is 0 Å². The fraction of sp³-hybridized carbons (Fsp3) is 0.375. The van der Waals surface area contributed by atoms with Gasteiger partial charge in [0.2, 0.25) is 0 Å². The lowest BCUT2D eigenvalue weighted by Gasteiger charge is -2.44. The number of terminal acetylenes is 1. The van der Waals surface area contributed by atoms with Crippen molar-refractivity contribution in [3.63, 3.8) is 0 Å². The van der Waals surface area contributed by atoms with Gasteiger partial charge < -0.3 is 20.9 Å². The Bertz CT molecular complexity index is 1200. The van der Waals surface area contributed by atoms with Gasteiger partial charge in [0.15, 0.2) is 0 Å². The smallest absolute Gasteiger partial charge is 0.274 e. The molecule has 35 heavy (non-hydrogen) atoms. The van der Waals surface area contributed by atoms with E-state index in [0.717, 1.165) is 6.07 Å². The van der Waals surface area contributed by atoms with Crippen LogP contribution >= 0.6 is 0 Å². The van der Waals surface area contributed by atoms with Crippen molar-refractivity contribution in [2.75, 3.05) is 25.2 Å². The van der Waals surface area contributed by atoms with Crippen molar-refractivity contribution in [3.8, 4) is 18.1 Å². The predicted octanol–water partition coefficient (Wildman–Crippen LogP) is 2.30. The zero-order valence-corrected chi connectivity index (χ0v) is 20.1. The number of carbonyl (C=O) groups is 1. The second-order valence-corrected chi connectivity index (χ2v) is 10.1. The van der Waals surface area contributed by atoms with E-state index in [2.05, 4.69) is 21.2 Å². The molecule has 0 bridgehead atoms. The van der Waals surface area contributed by atoms with E-state index < -0.39 is 51.3 Å². The Kier molecular flexibility index (Phi) is 7.87. The highest BCUT2D eigenvalue weighted by atomic mass is 32.2. The molecule has 1 aromatic heterocycles. The Balaban J connectivity index is 1.95. The van der Waals surface area contributed by atoms with Crippen molar-refractivity contribution in [2.45, 2.75) is 35.8 Å². The number of hydrogen-bond acceptors (Lipinski definition) is 7. The van der Waals surface area contributed by atoms with E-state index in [0.29, 0.717) is 5.75 Å². The number of aliphatic imine (C=N–C) groups is 1. The Labute approximate surface area is 204 Å². The standard InChI is InChI=1S/C24H26F2N4O4S/c1-4-10-34-16-7-9-19(28-12-16)21(32)29-15-6-8-18(26)17(11-15)23(3)20(13-31)35(33)24(5-2,14-25)22(27)30-23/h1,6-9,11-12,20,31H,5,10,13-14H2,2-3H3,(H2,27,30)(H,29,32)/t20?,23-,24+,35?/m1/s1. The number of ether oxygens (including phenoxy) is 1. The molecule has 0 saturated heterocycles. The molecule has 0 fully saturated rings. The number of amides is 1. The van der Waals surface area contributed by atoms with Crippen molar-refractivity contribution < 1.29 is 27.6 Å². The molecule has 1 aromatic carbocycles. The summed E-state index contributed by atoms with van der Waals surface area (Å²) in [7, 11) is -2.00. The molecule has 1 amide bonds. The minimum absolute atomic E-state index is 0.0554. The summed E-state index contributed by atoms with van der Waals surface area (Å²) in [5.41, 5.74) is 4.70. The number of alkyl halides is 1. The van der Waals surface area contributed by atoms with Crippen LogP contribution in [0, 0.1) is 18.2 Å². The number of anilines is 1. The number of benzene rings is 1. The lowest BCUT2D eigenvalue weighted by Crippen LogP contribution is -2.61. The predicted molar refractivity (Wildman–Crippen MR) is 130 cm³/mol. The van der Waals surface area contributed by atoms with Gasteiger partial charge in [0.25, 0.3) is 5.91 Å². The molecule has 0 radical (unpaired) electrons. The van der Waals surface area contributed by atoms with Gasteiger partial charge in [0, 0.05) is 22.1 Å². The van der Waals surface area contributed by atoms with Gasteiger partial charge in [-0.2, -0.15) is 0 Å². The van der Waals surface area contributed by atoms with E-state index >= 15 is 4.39 Å². The van der Waals surface area contributed by atoms with Gasteiger partial charge in [-0.15, -0.1) is 6.42 Å². The molecule has 4 N–H and O–H groups in total. The number of nitrogens with one attached hydrogen (secondary N) is 1. The third-order valence-corrected chi connectivity index (χ3v) is 8.61. The van der Waals surface area contributed by atoms with E-state index in [1.54, 1.807) is 6.92 Å². The first-order chi connectivity index (χ1) is 16.7. The summed E-state index contributed by atoms with van der Waals surface area (Å²) < 4.78 is 45.9. The third kappa shape index (κ3) is 4.76. The summed E-state index contributed by atoms with van der Waals surface area (Å²) in [6.45, 7) is 1.47. The Morgan fingerprint density at radius 2 is 2.14 bits per heavy atom. The van der Waals surface area contributed by atoms with E-state index in [-0.39, 0.29) is 35.8 Å². The second-order valence-electron chi connectivity index (χ2n) is 8.12. The van der Waals surface area contributed by atoms with E-state index in [1.807, 2.05) is 0 Å². The highest BCUT2D eigenvalue weighted by molar-refractivity contribution is 7.88. The van der Waals surface area contributed by atoms with Crippen molar-refractivity contribution in [1.29, 1.82) is 0 Å². The summed E-state index contributed by atoms with van der Waals surface area (Å²) in [6.07, 6.45) is 6.57. The molecule has 11 heteroatoms. The van der Waals surface area contributed by atoms with Gasteiger partial charge in [-0.3, -0.25) is 14.0 Å². The first-order valence-corrected chi connectivity index (χ1v) is 11.9. The molecule has 0 spiro atoms. The number of nitrogens with two attached hydrogens (primary N) is 1. The van der Waals surface area contributed by atoms with Crippen molar-refractivity contribution in [1.82, 2.24) is 4.98 Å². The number of halogens is 2. The molecule has 186 valence electrons. The van der Waals surface area contributed by atoms with E-state index in [9.17, 15) is 18.5 Å². The van der Waals surface area contributed by atoms with Gasteiger partial charge >= 0.3 is 0 Å². The first kappa shape index (κ1) is 26.2. The average molecular weight is 505 g/mol. The number of carbonyl (C=O) groups excluding carboxylic acids is 1. The quantitative estimate of drug-likeness (QED) is 0.474. The number of rotatable bonds is 8. The molecule has 4 atom stereocenters. The fourth-order valence-electron chi connectivity index (χ4n) is 3.94. The summed E-state index contributed by atoms with van der Waals surface area (Å²) >= 11 is 0. The molecule has 2 heterocycles. The SMILES string of the molecule is C#CCOc1ccc(C(=O)Nc2ccc(F)c([C@@]3(C)N=C(N)[C@](CC)(CF)S(=O)C3CO)c2)nc1.